The summed E-state index contributed by atoms with van der Waals surface area (Å²) in [7, 11) is -3.36. The summed E-state index contributed by atoms with van der Waals surface area (Å²) in [6.45, 7) is 0.431. The molecule has 2 aromatic carbocycles. The second-order valence-corrected chi connectivity index (χ2v) is 9.11. The minimum Gasteiger partial charge on any atom is -0.322 e. The van der Waals surface area contributed by atoms with Gasteiger partial charge < -0.3 is 5.32 Å². The number of aryl methyl sites for hydroxylation is 1. The molecule has 0 unspecified atom stereocenters. The number of halogens is 2. The van der Waals surface area contributed by atoms with Gasteiger partial charge in [-0.05, 0) is 60.9 Å². The van der Waals surface area contributed by atoms with Crippen LogP contribution < -0.4 is 9.62 Å². The first kappa shape index (κ1) is 19.6. The lowest BCUT2D eigenvalue weighted by atomic mass is 10.0. The average Bonchev–Trinajstić information content (AvgIpc) is 2.61. The van der Waals surface area contributed by atoms with E-state index in [0.29, 0.717) is 53.0 Å². The maximum Gasteiger partial charge on any atom is 0.288 e. The third-order valence-electron chi connectivity index (χ3n) is 4.16. The molecule has 0 spiro atoms. The fraction of sp³-hybridized carbons (Fsp3) is 0.278. The smallest absolute Gasteiger partial charge is 0.288 e. The van der Waals surface area contributed by atoms with Crippen LogP contribution in [0.5, 0.6) is 0 Å². The van der Waals surface area contributed by atoms with E-state index in [1.54, 1.807) is 30.3 Å². The average molecular weight is 412 g/mol. The summed E-state index contributed by atoms with van der Waals surface area (Å²) < 4.78 is 49.8. The summed E-state index contributed by atoms with van der Waals surface area (Å²) in [6, 6.07) is 11.1. The second-order valence-electron chi connectivity index (χ2n) is 6.14. The normalized spacial score (nSPS) is 14.1. The Balaban J connectivity index is 1.76. The summed E-state index contributed by atoms with van der Waals surface area (Å²) in [5.41, 5.74) is 2.32. The van der Waals surface area contributed by atoms with Crippen molar-refractivity contribution in [3.8, 4) is 0 Å². The number of nitrogens with zero attached hydrogens (tertiary/aromatic N) is 1. The van der Waals surface area contributed by atoms with Gasteiger partial charge in [0.05, 0.1) is 11.9 Å². The molecular weight excluding hydrogens is 394 g/mol. The SMILES string of the molecule is CS(=O)(=O)N1CCCc2cc(C(=O)Nc3ccc(SC(F)F)cc3)ccc21. The molecule has 0 radical (unpaired) electrons. The molecule has 1 aliphatic rings. The Morgan fingerprint density at radius 2 is 1.89 bits per heavy atom. The van der Waals surface area contributed by atoms with Crippen LogP contribution in [-0.4, -0.2) is 32.9 Å². The molecule has 1 aliphatic heterocycles. The van der Waals surface area contributed by atoms with E-state index in [9.17, 15) is 22.0 Å². The number of hydrogen-bond acceptors (Lipinski definition) is 4. The summed E-state index contributed by atoms with van der Waals surface area (Å²) in [5.74, 6) is -2.84. The van der Waals surface area contributed by atoms with E-state index in [4.69, 9.17) is 0 Å². The zero-order chi connectivity index (χ0) is 19.6. The van der Waals surface area contributed by atoms with Crippen LogP contribution in [0.2, 0.25) is 0 Å². The summed E-state index contributed by atoms with van der Waals surface area (Å²) in [4.78, 5) is 12.9. The number of sulfonamides is 1. The van der Waals surface area contributed by atoms with Crippen LogP contribution in [0.1, 0.15) is 22.3 Å². The van der Waals surface area contributed by atoms with Crippen LogP contribution >= 0.6 is 11.8 Å². The van der Waals surface area contributed by atoms with Crippen LogP contribution in [-0.2, 0) is 16.4 Å². The molecule has 1 heterocycles. The maximum atomic E-state index is 12.5. The van der Waals surface area contributed by atoms with E-state index in [1.165, 1.54) is 22.7 Å². The summed E-state index contributed by atoms with van der Waals surface area (Å²) in [5, 5.41) is 2.72. The fourth-order valence-electron chi connectivity index (χ4n) is 2.97. The number of hydrogen-bond donors (Lipinski definition) is 1. The van der Waals surface area contributed by atoms with E-state index < -0.39 is 15.8 Å². The van der Waals surface area contributed by atoms with Crippen molar-refractivity contribution < 1.29 is 22.0 Å². The van der Waals surface area contributed by atoms with E-state index in [-0.39, 0.29) is 5.91 Å². The van der Waals surface area contributed by atoms with Crippen LogP contribution in [0.15, 0.2) is 47.4 Å². The van der Waals surface area contributed by atoms with Gasteiger partial charge in [-0.15, -0.1) is 0 Å². The molecule has 0 saturated carbocycles. The fourth-order valence-corrected chi connectivity index (χ4v) is 4.47. The molecule has 3 rings (SSSR count). The molecule has 1 N–H and O–H groups in total. The Morgan fingerprint density at radius 1 is 1.19 bits per heavy atom. The van der Waals surface area contributed by atoms with Crippen molar-refractivity contribution in [3.63, 3.8) is 0 Å². The zero-order valence-electron chi connectivity index (χ0n) is 14.5. The standard InChI is InChI=1S/C18H18F2N2O3S2/c1-27(24,25)22-10-2-3-12-11-13(4-9-16(12)22)17(23)21-14-5-7-15(8-6-14)26-18(19)20/h4-9,11,18H,2-3,10H2,1H3,(H,21,23). The lowest BCUT2D eigenvalue weighted by Gasteiger charge is -2.29. The molecule has 9 heteroatoms. The largest absolute Gasteiger partial charge is 0.322 e. The van der Waals surface area contributed by atoms with Gasteiger partial charge >= 0.3 is 0 Å². The molecule has 0 aliphatic carbocycles. The highest BCUT2D eigenvalue weighted by atomic mass is 32.2. The van der Waals surface area contributed by atoms with Crippen molar-refractivity contribution in [2.24, 2.45) is 0 Å². The van der Waals surface area contributed by atoms with E-state index >= 15 is 0 Å². The van der Waals surface area contributed by atoms with Gasteiger partial charge in [0.1, 0.15) is 0 Å². The first-order valence-electron chi connectivity index (χ1n) is 8.21. The van der Waals surface area contributed by atoms with Crippen molar-refractivity contribution in [1.82, 2.24) is 0 Å². The van der Waals surface area contributed by atoms with E-state index in [1.807, 2.05) is 0 Å². The third kappa shape index (κ3) is 4.78. The molecule has 0 bridgehead atoms. The quantitative estimate of drug-likeness (QED) is 0.755. The number of thioether (sulfide) groups is 1. The predicted octanol–water partition coefficient (Wildman–Crippen LogP) is 3.97. The number of carbonyl (C=O) groups is 1. The molecule has 144 valence electrons. The van der Waals surface area contributed by atoms with Crippen LogP contribution in [0.25, 0.3) is 0 Å². The first-order chi connectivity index (χ1) is 12.7. The molecule has 1 amide bonds. The lowest BCUT2D eigenvalue weighted by Crippen LogP contribution is -2.34. The molecule has 27 heavy (non-hydrogen) atoms. The number of alkyl halides is 2. The van der Waals surface area contributed by atoms with Gasteiger partial charge in [0.2, 0.25) is 10.0 Å². The van der Waals surface area contributed by atoms with Gasteiger partial charge in [-0.3, -0.25) is 9.10 Å². The van der Waals surface area contributed by atoms with Gasteiger partial charge in [0.15, 0.2) is 0 Å². The van der Waals surface area contributed by atoms with Crippen LogP contribution in [0.3, 0.4) is 0 Å². The van der Waals surface area contributed by atoms with E-state index in [0.717, 1.165) is 5.56 Å². The molecule has 5 nitrogen and oxygen atoms in total. The Hall–Kier alpha value is -2.13. The number of carbonyl (C=O) groups excluding carboxylic acids is 1. The van der Waals surface area contributed by atoms with Crippen molar-refractivity contribution in [1.29, 1.82) is 0 Å². The minimum absolute atomic E-state index is 0.344. The lowest BCUT2D eigenvalue weighted by molar-refractivity contribution is 0.102. The highest BCUT2D eigenvalue weighted by molar-refractivity contribution is 7.99. The second kappa shape index (κ2) is 7.85. The Bertz CT molecular complexity index is 948. The summed E-state index contributed by atoms with van der Waals surface area (Å²) >= 11 is 0.440. The Kier molecular flexibility index (Phi) is 5.71. The van der Waals surface area contributed by atoms with Crippen LogP contribution in [0, 0.1) is 0 Å². The molecule has 2 aromatic rings. The topological polar surface area (TPSA) is 66.5 Å². The van der Waals surface area contributed by atoms with Crippen molar-refractivity contribution >= 4 is 39.1 Å². The first-order valence-corrected chi connectivity index (χ1v) is 10.9. The monoisotopic (exact) mass is 412 g/mol. The van der Waals surface area contributed by atoms with Crippen LogP contribution in [0.4, 0.5) is 20.2 Å². The zero-order valence-corrected chi connectivity index (χ0v) is 16.1. The molecule has 0 atom stereocenters. The van der Waals surface area contributed by atoms with Gasteiger partial charge in [0, 0.05) is 22.7 Å². The molecular formula is C18H18F2N2O3S2. The van der Waals surface area contributed by atoms with Gasteiger partial charge in [-0.2, -0.15) is 8.78 Å². The number of benzene rings is 2. The molecule has 0 saturated heterocycles. The van der Waals surface area contributed by atoms with Crippen molar-refractivity contribution in [2.75, 3.05) is 22.4 Å². The van der Waals surface area contributed by atoms with Crippen molar-refractivity contribution in [3.05, 3.63) is 53.6 Å². The highest BCUT2D eigenvalue weighted by Gasteiger charge is 2.24. The molecule has 0 fully saturated rings. The number of nitrogens with one attached hydrogen (secondary N) is 1. The van der Waals surface area contributed by atoms with E-state index in [2.05, 4.69) is 5.32 Å². The molecule has 0 aromatic heterocycles. The summed E-state index contributed by atoms with van der Waals surface area (Å²) in [6.07, 6.45) is 2.55. The predicted molar refractivity (Wildman–Crippen MR) is 103 cm³/mol. The minimum atomic E-state index is -3.36. The van der Waals surface area contributed by atoms with Gasteiger partial charge in [-0.25, -0.2) is 8.42 Å². The highest BCUT2D eigenvalue weighted by Crippen LogP contribution is 2.30. The third-order valence-corrected chi connectivity index (χ3v) is 6.06. The number of rotatable bonds is 5. The Morgan fingerprint density at radius 3 is 2.52 bits per heavy atom. The maximum absolute atomic E-state index is 12.5. The Labute approximate surface area is 160 Å². The number of anilines is 2. The van der Waals surface area contributed by atoms with Crippen molar-refractivity contribution in [2.45, 2.75) is 23.5 Å². The van der Waals surface area contributed by atoms with Gasteiger partial charge in [-0.1, -0.05) is 11.8 Å². The van der Waals surface area contributed by atoms with Gasteiger partial charge in [0.25, 0.3) is 11.7 Å². The number of fused-ring (bicyclic) bond motifs is 1. The number of amides is 1.